The Bertz CT molecular complexity index is 265. The van der Waals surface area contributed by atoms with E-state index in [4.69, 9.17) is 5.11 Å². The maximum absolute atomic E-state index is 11.0. The summed E-state index contributed by atoms with van der Waals surface area (Å²) in [6.07, 6.45) is 3.79. The summed E-state index contributed by atoms with van der Waals surface area (Å²) in [5.74, 6) is 0.113. The first kappa shape index (κ1) is 9.22. The molecule has 3 nitrogen and oxygen atoms in total. The molecule has 0 amide bonds. The van der Waals surface area contributed by atoms with E-state index in [1.165, 1.54) is 30.0 Å². The minimum absolute atomic E-state index is 0.00713. The van der Waals surface area contributed by atoms with E-state index in [-0.39, 0.29) is 18.2 Å². The number of hydrogen-bond acceptors (Lipinski definition) is 4. The Balaban J connectivity index is 2.62. The Kier molecular flexibility index (Phi) is 3.25. The van der Waals surface area contributed by atoms with Crippen molar-refractivity contribution in [1.29, 1.82) is 0 Å². The fourth-order valence-electron chi connectivity index (χ4n) is 0.757. The molecular weight excluding hydrogens is 176 g/mol. The summed E-state index contributed by atoms with van der Waals surface area (Å²) in [6.45, 7) is 0.00713. The van der Waals surface area contributed by atoms with Crippen LogP contribution in [-0.2, 0) is 9.59 Å². The average Bonchev–Trinajstić information content (AvgIpc) is 2.07. The third-order valence-corrected chi connectivity index (χ3v) is 2.28. The van der Waals surface area contributed by atoms with Crippen LogP contribution >= 0.6 is 11.8 Å². The Morgan fingerprint density at radius 2 is 2.08 bits per heavy atom. The van der Waals surface area contributed by atoms with Crippen LogP contribution < -0.4 is 0 Å². The number of allylic oxidation sites excluding steroid dienone is 4. The number of carbonyl (C=O) groups excluding carboxylic acids is 2. The molecule has 0 heterocycles. The van der Waals surface area contributed by atoms with Crippen LogP contribution in [0.4, 0.5) is 0 Å². The van der Waals surface area contributed by atoms with Crippen LogP contribution in [0.1, 0.15) is 0 Å². The maximum atomic E-state index is 11.0. The zero-order chi connectivity index (χ0) is 8.97. The minimum Gasteiger partial charge on any atom is -0.396 e. The predicted molar refractivity (Wildman–Crippen MR) is 46.8 cm³/mol. The first-order valence-electron chi connectivity index (χ1n) is 3.46. The van der Waals surface area contributed by atoms with E-state index < -0.39 is 0 Å². The molecule has 0 fully saturated rings. The van der Waals surface area contributed by atoms with E-state index in [1.54, 1.807) is 0 Å². The summed E-state index contributed by atoms with van der Waals surface area (Å²) >= 11 is 1.20. The van der Waals surface area contributed by atoms with Crippen LogP contribution in [0.5, 0.6) is 0 Å². The van der Waals surface area contributed by atoms with E-state index in [0.717, 1.165) is 0 Å². The molecule has 0 radical (unpaired) electrons. The van der Waals surface area contributed by atoms with Crippen molar-refractivity contribution in [2.75, 3.05) is 12.4 Å². The van der Waals surface area contributed by atoms with Gasteiger partial charge in [-0.15, -0.1) is 11.8 Å². The second-order valence-corrected chi connectivity index (χ2v) is 3.32. The van der Waals surface area contributed by atoms with Gasteiger partial charge in [0.05, 0.1) is 11.5 Å². The summed E-state index contributed by atoms with van der Waals surface area (Å²) in [5.41, 5.74) is 0. The van der Waals surface area contributed by atoms with Gasteiger partial charge in [-0.05, 0) is 12.2 Å². The number of rotatable bonds is 3. The van der Waals surface area contributed by atoms with Crippen LogP contribution in [0.3, 0.4) is 0 Å². The van der Waals surface area contributed by atoms with Gasteiger partial charge < -0.3 is 5.11 Å². The Hall–Kier alpha value is -0.870. The van der Waals surface area contributed by atoms with E-state index in [1.807, 2.05) is 0 Å². The molecule has 0 atom stereocenters. The molecule has 1 rings (SSSR count). The van der Waals surface area contributed by atoms with Crippen LogP contribution in [0.15, 0.2) is 23.1 Å². The number of thioether (sulfide) groups is 1. The summed E-state index contributed by atoms with van der Waals surface area (Å²) in [5, 5.41) is 8.49. The van der Waals surface area contributed by atoms with Gasteiger partial charge in [0.15, 0.2) is 11.6 Å². The highest BCUT2D eigenvalue weighted by Gasteiger charge is 2.12. The van der Waals surface area contributed by atoms with Crippen molar-refractivity contribution in [3.8, 4) is 0 Å². The number of hydrogen-bond donors (Lipinski definition) is 1. The molecule has 0 saturated heterocycles. The maximum Gasteiger partial charge on any atom is 0.192 e. The molecule has 0 saturated carbocycles. The average molecular weight is 184 g/mol. The molecule has 1 aliphatic carbocycles. The Morgan fingerprint density at radius 3 is 2.75 bits per heavy atom. The van der Waals surface area contributed by atoms with Crippen LogP contribution in [0.2, 0.25) is 0 Å². The van der Waals surface area contributed by atoms with E-state index in [0.29, 0.717) is 10.7 Å². The molecule has 0 unspecified atom stereocenters. The minimum atomic E-state index is -0.171. The van der Waals surface area contributed by atoms with Crippen molar-refractivity contribution in [2.45, 2.75) is 0 Å². The van der Waals surface area contributed by atoms with Gasteiger partial charge in [0.1, 0.15) is 0 Å². The second-order valence-electron chi connectivity index (χ2n) is 2.18. The lowest BCUT2D eigenvalue weighted by molar-refractivity contribution is -0.114. The lowest BCUT2D eigenvalue weighted by Crippen LogP contribution is -2.05. The Morgan fingerprint density at radius 1 is 1.33 bits per heavy atom. The van der Waals surface area contributed by atoms with Gasteiger partial charge in [0.2, 0.25) is 0 Å². The van der Waals surface area contributed by atoms with Crippen LogP contribution in [0.25, 0.3) is 0 Å². The second kappa shape index (κ2) is 4.23. The quantitative estimate of drug-likeness (QED) is 0.641. The molecule has 4 heteroatoms. The number of aliphatic hydroxyl groups excluding tert-OH is 1. The SMILES string of the molecule is O=C1C=CC(=O)C(SCCO)=C1. The van der Waals surface area contributed by atoms with E-state index in [9.17, 15) is 9.59 Å². The molecule has 0 bridgehead atoms. The molecule has 0 aromatic rings. The van der Waals surface area contributed by atoms with Crippen molar-refractivity contribution in [2.24, 2.45) is 0 Å². The first-order chi connectivity index (χ1) is 5.74. The van der Waals surface area contributed by atoms with Crippen molar-refractivity contribution >= 4 is 23.3 Å². The Labute approximate surface area is 74.1 Å². The highest BCUT2D eigenvalue weighted by atomic mass is 32.2. The fourth-order valence-corrected chi connectivity index (χ4v) is 1.48. The van der Waals surface area contributed by atoms with Gasteiger partial charge in [0, 0.05) is 11.8 Å². The topological polar surface area (TPSA) is 54.4 Å². The molecule has 12 heavy (non-hydrogen) atoms. The monoisotopic (exact) mass is 184 g/mol. The summed E-state index contributed by atoms with van der Waals surface area (Å²) in [4.78, 5) is 22.2. The third kappa shape index (κ3) is 2.32. The first-order valence-corrected chi connectivity index (χ1v) is 4.44. The van der Waals surface area contributed by atoms with Gasteiger partial charge in [-0.1, -0.05) is 0 Å². The van der Waals surface area contributed by atoms with Gasteiger partial charge in [-0.2, -0.15) is 0 Å². The summed E-state index contributed by atoms with van der Waals surface area (Å²) in [6, 6.07) is 0. The van der Waals surface area contributed by atoms with Crippen LogP contribution in [0, 0.1) is 0 Å². The molecule has 0 spiro atoms. The molecule has 0 aliphatic heterocycles. The molecule has 1 aliphatic rings. The molecule has 0 aromatic heterocycles. The van der Waals surface area contributed by atoms with Crippen molar-refractivity contribution < 1.29 is 14.7 Å². The summed E-state index contributed by atoms with van der Waals surface area (Å²) < 4.78 is 0. The highest BCUT2D eigenvalue weighted by Crippen LogP contribution is 2.19. The normalized spacial score (nSPS) is 16.6. The van der Waals surface area contributed by atoms with Crippen molar-refractivity contribution in [3.05, 3.63) is 23.1 Å². The van der Waals surface area contributed by atoms with Gasteiger partial charge in [0.25, 0.3) is 0 Å². The van der Waals surface area contributed by atoms with Gasteiger partial charge >= 0.3 is 0 Å². The molecular formula is C8H8O3S. The van der Waals surface area contributed by atoms with Gasteiger partial charge in [-0.3, -0.25) is 9.59 Å². The summed E-state index contributed by atoms with van der Waals surface area (Å²) in [7, 11) is 0. The third-order valence-electron chi connectivity index (χ3n) is 1.26. The van der Waals surface area contributed by atoms with Gasteiger partial charge in [-0.25, -0.2) is 0 Å². The van der Waals surface area contributed by atoms with Crippen molar-refractivity contribution in [3.63, 3.8) is 0 Å². The van der Waals surface area contributed by atoms with E-state index in [2.05, 4.69) is 0 Å². The smallest absolute Gasteiger partial charge is 0.192 e. The number of aliphatic hydroxyl groups is 1. The molecule has 1 N–H and O–H groups in total. The largest absolute Gasteiger partial charge is 0.396 e. The zero-order valence-corrected chi connectivity index (χ0v) is 7.13. The number of ketones is 2. The molecule has 64 valence electrons. The lowest BCUT2D eigenvalue weighted by atomic mass is 10.2. The predicted octanol–water partition coefficient (Wildman–Crippen LogP) is 0.304. The zero-order valence-electron chi connectivity index (χ0n) is 6.32. The highest BCUT2D eigenvalue weighted by molar-refractivity contribution is 8.04. The lowest BCUT2D eigenvalue weighted by Gasteiger charge is -2.03. The fraction of sp³-hybridized carbons (Fsp3) is 0.250. The van der Waals surface area contributed by atoms with E-state index >= 15 is 0 Å². The standard InChI is InChI=1S/C8H8O3S/c9-3-4-12-8-5-6(10)1-2-7(8)11/h1-2,5,9H,3-4H2. The molecule has 0 aromatic carbocycles. The van der Waals surface area contributed by atoms with Crippen molar-refractivity contribution in [1.82, 2.24) is 0 Å². The van der Waals surface area contributed by atoms with Crippen LogP contribution in [-0.4, -0.2) is 29.0 Å². The number of carbonyl (C=O) groups is 2.